The van der Waals surface area contributed by atoms with E-state index in [9.17, 15) is 9.59 Å². The smallest absolute Gasteiger partial charge is 0.306 e. The lowest BCUT2D eigenvalue weighted by Crippen LogP contribution is -2.21. The zero-order valence-electron chi connectivity index (χ0n) is 14.5. The molecule has 1 N–H and O–H groups in total. The predicted molar refractivity (Wildman–Crippen MR) is 96.7 cm³/mol. The number of esters is 1. The number of anilines is 1. The average molecular weight is 341 g/mol. The lowest BCUT2D eigenvalue weighted by Gasteiger charge is -2.11. The molecule has 0 unspecified atom stereocenters. The van der Waals surface area contributed by atoms with Gasteiger partial charge in [-0.1, -0.05) is 37.3 Å². The summed E-state index contributed by atoms with van der Waals surface area (Å²) in [6, 6.07) is 16.7. The first-order valence-electron chi connectivity index (χ1n) is 8.31. The Labute approximate surface area is 148 Å². The van der Waals surface area contributed by atoms with Crippen LogP contribution in [0.15, 0.2) is 54.6 Å². The van der Waals surface area contributed by atoms with Crippen molar-refractivity contribution in [1.29, 1.82) is 0 Å². The summed E-state index contributed by atoms with van der Waals surface area (Å²) in [6.45, 7) is 4.15. The van der Waals surface area contributed by atoms with Crippen molar-refractivity contribution in [3.8, 4) is 5.75 Å². The Bertz CT molecular complexity index is 683. The molecule has 25 heavy (non-hydrogen) atoms. The zero-order valence-corrected chi connectivity index (χ0v) is 14.5. The Hall–Kier alpha value is -2.82. The maximum atomic E-state index is 11.9. The van der Waals surface area contributed by atoms with Gasteiger partial charge in [-0.05, 0) is 42.7 Å². The molecule has 0 aliphatic rings. The van der Waals surface area contributed by atoms with Crippen molar-refractivity contribution >= 4 is 17.6 Å². The van der Waals surface area contributed by atoms with Crippen LogP contribution in [0.4, 0.5) is 5.69 Å². The molecule has 5 heteroatoms. The molecule has 0 heterocycles. The molecule has 2 aromatic carbocycles. The third kappa shape index (κ3) is 6.30. The van der Waals surface area contributed by atoms with E-state index < -0.39 is 5.97 Å². The van der Waals surface area contributed by atoms with Crippen molar-refractivity contribution in [3.05, 3.63) is 60.2 Å². The molecule has 0 fully saturated rings. The summed E-state index contributed by atoms with van der Waals surface area (Å²) in [7, 11) is 0. The number of ether oxygens (including phenoxy) is 2. The quantitative estimate of drug-likeness (QED) is 0.743. The van der Waals surface area contributed by atoms with Crippen molar-refractivity contribution in [3.63, 3.8) is 0 Å². The number of benzene rings is 2. The summed E-state index contributed by atoms with van der Waals surface area (Å²) in [4.78, 5) is 23.7. The number of hydrogen-bond acceptors (Lipinski definition) is 4. The van der Waals surface area contributed by atoms with Crippen LogP contribution in [-0.4, -0.2) is 25.1 Å². The number of carbonyl (C=O) groups is 2. The third-order valence-corrected chi connectivity index (χ3v) is 3.65. The zero-order chi connectivity index (χ0) is 18.1. The van der Waals surface area contributed by atoms with Crippen LogP contribution in [0.2, 0.25) is 0 Å². The van der Waals surface area contributed by atoms with Crippen molar-refractivity contribution in [2.75, 3.05) is 18.5 Å². The van der Waals surface area contributed by atoms with Crippen molar-refractivity contribution in [2.24, 2.45) is 0 Å². The van der Waals surface area contributed by atoms with Crippen LogP contribution >= 0.6 is 0 Å². The number of amides is 1. The van der Waals surface area contributed by atoms with Gasteiger partial charge in [-0.2, -0.15) is 0 Å². The molecule has 0 aliphatic carbocycles. The summed E-state index contributed by atoms with van der Waals surface area (Å²) in [5, 5.41) is 2.68. The summed E-state index contributed by atoms with van der Waals surface area (Å²) >= 11 is 0. The molecule has 5 nitrogen and oxygen atoms in total. The van der Waals surface area contributed by atoms with Gasteiger partial charge < -0.3 is 14.8 Å². The van der Waals surface area contributed by atoms with Crippen LogP contribution in [0.25, 0.3) is 0 Å². The van der Waals surface area contributed by atoms with E-state index in [1.807, 2.05) is 44.2 Å². The topological polar surface area (TPSA) is 64.6 Å². The van der Waals surface area contributed by atoms with Crippen molar-refractivity contribution in [2.45, 2.75) is 26.2 Å². The Morgan fingerprint density at radius 1 is 1.04 bits per heavy atom. The minimum absolute atomic E-state index is 0.0443. The van der Waals surface area contributed by atoms with Crippen LogP contribution in [-0.2, 0) is 14.3 Å². The molecule has 0 spiro atoms. The molecular weight excluding hydrogens is 318 g/mol. The first-order chi connectivity index (χ1) is 12.1. The maximum Gasteiger partial charge on any atom is 0.306 e. The highest BCUT2D eigenvalue weighted by atomic mass is 16.5. The highest BCUT2D eigenvalue weighted by molar-refractivity contribution is 5.92. The van der Waals surface area contributed by atoms with E-state index in [2.05, 4.69) is 5.32 Å². The van der Waals surface area contributed by atoms with Crippen molar-refractivity contribution in [1.82, 2.24) is 0 Å². The molecule has 2 rings (SSSR count). The van der Waals surface area contributed by atoms with E-state index in [4.69, 9.17) is 9.47 Å². The lowest BCUT2D eigenvalue weighted by molar-refractivity contribution is -0.147. The molecule has 2 aromatic rings. The second-order valence-corrected chi connectivity index (χ2v) is 5.68. The van der Waals surface area contributed by atoms with Gasteiger partial charge in [0.25, 0.3) is 5.91 Å². The largest absolute Gasteiger partial charge is 0.494 e. The Balaban J connectivity index is 1.74. The highest BCUT2D eigenvalue weighted by Gasteiger charge is 2.13. The highest BCUT2D eigenvalue weighted by Crippen LogP contribution is 2.19. The fourth-order valence-corrected chi connectivity index (χ4v) is 2.35. The van der Waals surface area contributed by atoms with Crippen LogP contribution in [0.5, 0.6) is 5.75 Å². The van der Waals surface area contributed by atoms with Gasteiger partial charge in [-0.25, -0.2) is 0 Å². The van der Waals surface area contributed by atoms with Gasteiger partial charge in [-0.15, -0.1) is 0 Å². The molecule has 132 valence electrons. The summed E-state index contributed by atoms with van der Waals surface area (Å²) < 4.78 is 10.4. The Morgan fingerprint density at radius 3 is 2.36 bits per heavy atom. The van der Waals surface area contributed by atoms with Gasteiger partial charge in [-0.3, -0.25) is 9.59 Å². The summed E-state index contributed by atoms with van der Waals surface area (Å²) in [5.41, 5.74) is 1.69. The first kappa shape index (κ1) is 18.5. The second kappa shape index (κ2) is 9.47. The van der Waals surface area contributed by atoms with E-state index in [-0.39, 0.29) is 24.9 Å². The number of rotatable bonds is 8. The molecule has 0 saturated heterocycles. The van der Waals surface area contributed by atoms with E-state index in [1.54, 1.807) is 24.3 Å². The fourth-order valence-electron chi connectivity index (χ4n) is 2.35. The van der Waals surface area contributed by atoms with Crippen LogP contribution in [0.3, 0.4) is 0 Å². The summed E-state index contributed by atoms with van der Waals surface area (Å²) in [6.07, 6.45) is 0.236. The fraction of sp³-hybridized carbons (Fsp3) is 0.300. The molecule has 0 radical (unpaired) electrons. The first-order valence-corrected chi connectivity index (χ1v) is 8.31. The SMILES string of the molecule is CCOc1ccc(NC(=O)COC(=O)C[C@H](C)c2ccccc2)cc1. The maximum absolute atomic E-state index is 11.9. The number of nitrogens with one attached hydrogen (secondary N) is 1. The van der Waals surface area contributed by atoms with Crippen LogP contribution in [0.1, 0.15) is 31.7 Å². The van der Waals surface area contributed by atoms with E-state index >= 15 is 0 Å². The minimum Gasteiger partial charge on any atom is -0.494 e. The third-order valence-electron chi connectivity index (χ3n) is 3.65. The Morgan fingerprint density at radius 2 is 1.72 bits per heavy atom. The molecule has 1 amide bonds. The monoisotopic (exact) mass is 341 g/mol. The lowest BCUT2D eigenvalue weighted by atomic mass is 9.98. The standard InChI is InChI=1S/C20H23NO4/c1-3-24-18-11-9-17(10-12-18)21-19(22)14-25-20(23)13-15(2)16-7-5-4-6-8-16/h4-12,15H,3,13-14H2,1-2H3,(H,21,22)/t15-/m0/s1. The molecule has 0 bridgehead atoms. The van der Waals surface area contributed by atoms with Gasteiger partial charge in [0.15, 0.2) is 6.61 Å². The molecule has 0 aromatic heterocycles. The van der Waals surface area contributed by atoms with Crippen molar-refractivity contribution < 1.29 is 19.1 Å². The molecule has 1 atom stereocenters. The predicted octanol–water partition coefficient (Wildman–Crippen LogP) is 3.76. The average Bonchev–Trinajstić information content (AvgIpc) is 2.62. The van der Waals surface area contributed by atoms with E-state index in [0.29, 0.717) is 12.3 Å². The van der Waals surface area contributed by atoms with Gasteiger partial charge in [0.1, 0.15) is 5.75 Å². The van der Waals surface area contributed by atoms with Gasteiger partial charge in [0.05, 0.1) is 13.0 Å². The van der Waals surface area contributed by atoms with Gasteiger partial charge >= 0.3 is 5.97 Å². The number of hydrogen-bond donors (Lipinski definition) is 1. The van der Waals surface area contributed by atoms with Gasteiger partial charge in [0.2, 0.25) is 0 Å². The van der Waals surface area contributed by atoms with Gasteiger partial charge in [0, 0.05) is 5.69 Å². The van der Waals surface area contributed by atoms with Crippen LogP contribution in [0, 0.1) is 0 Å². The normalized spacial score (nSPS) is 11.4. The van der Waals surface area contributed by atoms with E-state index in [1.165, 1.54) is 0 Å². The second-order valence-electron chi connectivity index (χ2n) is 5.68. The molecule has 0 saturated carbocycles. The van der Waals surface area contributed by atoms with E-state index in [0.717, 1.165) is 11.3 Å². The Kier molecular flexibility index (Phi) is 7.01. The molecule has 0 aliphatic heterocycles. The number of carbonyl (C=O) groups excluding carboxylic acids is 2. The minimum atomic E-state index is -0.391. The summed E-state index contributed by atoms with van der Waals surface area (Å²) in [5.74, 6) is 0.0211. The molecular formula is C20H23NO4. The van der Waals surface area contributed by atoms with Crippen LogP contribution < -0.4 is 10.1 Å².